The van der Waals surface area contributed by atoms with Crippen LogP contribution >= 0.6 is 0 Å². The molecule has 1 aliphatic heterocycles. The fourth-order valence-electron chi connectivity index (χ4n) is 2.66. The van der Waals surface area contributed by atoms with Gasteiger partial charge >= 0.3 is 0 Å². The number of ether oxygens (including phenoxy) is 1. The van der Waals surface area contributed by atoms with Gasteiger partial charge in [0.2, 0.25) is 5.95 Å². The van der Waals surface area contributed by atoms with Crippen molar-refractivity contribution in [1.82, 2.24) is 9.97 Å². The summed E-state index contributed by atoms with van der Waals surface area (Å²) in [5.74, 6) is 2.39. The van der Waals surface area contributed by atoms with Crippen molar-refractivity contribution < 1.29 is 4.74 Å². The Labute approximate surface area is 114 Å². The highest BCUT2D eigenvalue weighted by Crippen LogP contribution is 2.39. The lowest BCUT2D eigenvalue weighted by Gasteiger charge is -2.21. The van der Waals surface area contributed by atoms with Gasteiger partial charge in [-0.15, -0.1) is 0 Å². The van der Waals surface area contributed by atoms with Crippen molar-refractivity contribution in [2.24, 2.45) is 5.92 Å². The van der Waals surface area contributed by atoms with Gasteiger partial charge < -0.3 is 15.4 Å². The molecule has 3 rings (SSSR count). The molecule has 5 heteroatoms. The van der Waals surface area contributed by atoms with Crippen LogP contribution in [-0.4, -0.2) is 35.3 Å². The smallest absolute Gasteiger partial charge is 0.224 e. The first-order valence-corrected chi connectivity index (χ1v) is 7.23. The second-order valence-electron chi connectivity index (χ2n) is 5.47. The SMILES string of the molecule is CCNc1ncc(C)c(NC2CCOC2C2CC2)n1. The summed E-state index contributed by atoms with van der Waals surface area (Å²) >= 11 is 0. The summed E-state index contributed by atoms with van der Waals surface area (Å²) in [4.78, 5) is 8.83. The summed E-state index contributed by atoms with van der Waals surface area (Å²) in [6, 6.07) is 0.399. The number of nitrogens with one attached hydrogen (secondary N) is 2. The van der Waals surface area contributed by atoms with Crippen LogP contribution in [0.4, 0.5) is 11.8 Å². The van der Waals surface area contributed by atoms with E-state index in [1.807, 2.05) is 20.0 Å². The monoisotopic (exact) mass is 262 g/mol. The third kappa shape index (κ3) is 2.81. The number of nitrogens with zero attached hydrogens (tertiary/aromatic N) is 2. The van der Waals surface area contributed by atoms with Crippen molar-refractivity contribution in [3.63, 3.8) is 0 Å². The summed E-state index contributed by atoms with van der Waals surface area (Å²) < 4.78 is 5.86. The summed E-state index contributed by atoms with van der Waals surface area (Å²) in [5, 5.41) is 6.72. The standard InChI is InChI=1S/C14H22N4O/c1-3-15-14-16-8-9(2)13(18-14)17-11-6-7-19-12(11)10-4-5-10/h8,10-12H,3-7H2,1-2H3,(H2,15,16,17,18). The van der Waals surface area contributed by atoms with E-state index in [-0.39, 0.29) is 0 Å². The number of aromatic nitrogens is 2. The predicted octanol–water partition coefficient (Wildman–Crippen LogP) is 2.20. The van der Waals surface area contributed by atoms with Gasteiger partial charge in [0.05, 0.1) is 12.1 Å². The first kappa shape index (κ1) is 12.7. The molecule has 1 saturated heterocycles. The van der Waals surface area contributed by atoms with Crippen molar-refractivity contribution in [1.29, 1.82) is 0 Å². The maximum atomic E-state index is 5.86. The average Bonchev–Trinajstić information content (AvgIpc) is 3.14. The minimum absolute atomic E-state index is 0.372. The zero-order valence-electron chi connectivity index (χ0n) is 11.6. The van der Waals surface area contributed by atoms with E-state index >= 15 is 0 Å². The molecule has 0 amide bonds. The molecule has 5 nitrogen and oxygen atoms in total. The van der Waals surface area contributed by atoms with Crippen LogP contribution in [0.5, 0.6) is 0 Å². The normalized spacial score (nSPS) is 26.4. The van der Waals surface area contributed by atoms with Gasteiger partial charge in [0.1, 0.15) is 5.82 Å². The van der Waals surface area contributed by atoms with E-state index in [0.29, 0.717) is 18.1 Å². The van der Waals surface area contributed by atoms with E-state index in [0.717, 1.165) is 36.9 Å². The van der Waals surface area contributed by atoms with Gasteiger partial charge in [0.25, 0.3) is 0 Å². The number of anilines is 2. The Morgan fingerprint density at radius 3 is 2.95 bits per heavy atom. The minimum atomic E-state index is 0.372. The third-order valence-corrected chi connectivity index (χ3v) is 3.85. The fourth-order valence-corrected chi connectivity index (χ4v) is 2.66. The van der Waals surface area contributed by atoms with E-state index in [1.54, 1.807) is 0 Å². The zero-order chi connectivity index (χ0) is 13.2. The molecule has 0 spiro atoms. The number of hydrogen-bond donors (Lipinski definition) is 2. The molecule has 0 radical (unpaired) electrons. The van der Waals surface area contributed by atoms with Crippen LogP contribution in [0.3, 0.4) is 0 Å². The largest absolute Gasteiger partial charge is 0.376 e. The Morgan fingerprint density at radius 1 is 1.37 bits per heavy atom. The van der Waals surface area contributed by atoms with E-state index in [1.165, 1.54) is 12.8 Å². The summed E-state index contributed by atoms with van der Waals surface area (Å²) in [7, 11) is 0. The number of hydrogen-bond acceptors (Lipinski definition) is 5. The second-order valence-corrected chi connectivity index (χ2v) is 5.47. The first-order chi connectivity index (χ1) is 9.28. The molecule has 1 saturated carbocycles. The van der Waals surface area contributed by atoms with Crippen LogP contribution in [0.15, 0.2) is 6.20 Å². The molecule has 2 heterocycles. The van der Waals surface area contributed by atoms with Crippen LogP contribution in [0.2, 0.25) is 0 Å². The van der Waals surface area contributed by atoms with E-state index in [9.17, 15) is 0 Å². The van der Waals surface area contributed by atoms with E-state index in [4.69, 9.17) is 4.74 Å². The van der Waals surface area contributed by atoms with Crippen LogP contribution in [-0.2, 0) is 4.74 Å². The molecule has 2 atom stereocenters. The molecule has 2 fully saturated rings. The van der Waals surface area contributed by atoms with Crippen molar-refractivity contribution in [2.45, 2.75) is 45.3 Å². The minimum Gasteiger partial charge on any atom is -0.376 e. The maximum Gasteiger partial charge on any atom is 0.224 e. The van der Waals surface area contributed by atoms with Crippen molar-refractivity contribution >= 4 is 11.8 Å². The Balaban J connectivity index is 1.72. The predicted molar refractivity (Wildman–Crippen MR) is 75.4 cm³/mol. The van der Waals surface area contributed by atoms with Gasteiger partial charge in [-0.2, -0.15) is 4.98 Å². The average molecular weight is 262 g/mol. The van der Waals surface area contributed by atoms with E-state index in [2.05, 4.69) is 20.6 Å². The molecular weight excluding hydrogens is 240 g/mol. The molecule has 104 valence electrons. The lowest BCUT2D eigenvalue weighted by atomic mass is 10.1. The van der Waals surface area contributed by atoms with Gasteiger partial charge in [0, 0.05) is 24.9 Å². The molecule has 2 unspecified atom stereocenters. The highest BCUT2D eigenvalue weighted by Gasteiger charge is 2.40. The van der Waals surface area contributed by atoms with Crippen LogP contribution in [0.25, 0.3) is 0 Å². The molecule has 0 bridgehead atoms. The molecule has 2 N–H and O–H groups in total. The van der Waals surface area contributed by atoms with Crippen LogP contribution < -0.4 is 10.6 Å². The topological polar surface area (TPSA) is 59.1 Å². The van der Waals surface area contributed by atoms with Crippen LogP contribution in [0.1, 0.15) is 31.7 Å². The van der Waals surface area contributed by atoms with Crippen molar-refractivity contribution in [3.8, 4) is 0 Å². The lowest BCUT2D eigenvalue weighted by molar-refractivity contribution is 0.0898. The molecule has 2 aliphatic rings. The lowest BCUT2D eigenvalue weighted by Crippen LogP contribution is -2.31. The fraction of sp³-hybridized carbons (Fsp3) is 0.714. The summed E-state index contributed by atoms with van der Waals surface area (Å²) in [6.45, 7) is 5.78. The second kappa shape index (κ2) is 5.33. The maximum absolute atomic E-state index is 5.86. The molecule has 1 aromatic heterocycles. The molecule has 19 heavy (non-hydrogen) atoms. The molecular formula is C14H22N4O. The Hall–Kier alpha value is -1.36. The molecule has 0 aromatic carbocycles. The van der Waals surface area contributed by atoms with Gasteiger partial charge in [-0.05, 0) is 39.0 Å². The highest BCUT2D eigenvalue weighted by atomic mass is 16.5. The number of aryl methyl sites for hydroxylation is 1. The van der Waals surface area contributed by atoms with Gasteiger partial charge in [0.15, 0.2) is 0 Å². The van der Waals surface area contributed by atoms with Gasteiger partial charge in [-0.1, -0.05) is 0 Å². The van der Waals surface area contributed by atoms with E-state index < -0.39 is 0 Å². The van der Waals surface area contributed by atoms with Crippen molar-refractivity contribution in [2.75, 3.05) is 23.8 Å². The summed E-state index contributed by atoms with van der Waals surface area (Å²) in [6.07, 6.45) is 5.94. The number of rotatable bonds is 5. The zero-order valence-corrected chi connectivity index (χ0v) is 11.6. The van der Waals surface area contributed by atoms with Gasteiger partial charge in [-0.25, -0.2) is 4.98 Å². The first-order valence-electron chi connectivity index (χ1n) is 7.23. The Bertz CT molecular complexity index is 447. The Morgan fingerprint density at radius 2 is 2.21 bits per heavy atom. The van der Waals surface area contributed by atoms with Crippen molar-refractivity contribution in [3.05, 3.63) is 11.8 Å². The van der Waals surface area contributed by atoms with Crippen LogP contribution in [0, 0.1) is 12.8 Å². The third-order valence-electron chi connectivity index (χ3n) is 3.85. The molecule has 1 aliphatic carbocycles. The van der Waals surface area contributed by atoms with Gasteiger partial charge in [-0.3, -0.25) is 0 Å². The summed E-state index contributed by atoms with van der Waals surface area (Å²) in [5.41, 5.74) is 1.09. The quantitative estimate of drug-likeness (QED) is 0.852. The highest BCUT2D eigenvalue weighted by molar-refractivity contribution is 5.47. The Kier molecular flexibility index (Phi) is 3.55. The molecule has 1 aromatic rings.